The first-order valence-corrected chi connectivity index (χ1v) is 7.06. The van der Waals surface area contributed by atoms with Crippen molar-refractivity contribution in [2.75, 3.05) is 7.05 Å². The molecule has 0 aromatic carbocycles. The van der Waals surface area contributed by atoms with Crippen LogP contribution in [0.5, 0.6) is 0 Å². The van der Waals surface area contributed by atoms with E-state index in [4.69, 9.17) is 5.11 Å². The van der Waals surface area contributed by atoms with Gasteiger partial charge >= 0.3 is 5.97 Å². The average Bonchev–Trinajstić information content (AvgIpc) is 2.46. The van der Waals surface area contributed by atoms with Crippen LogP contribution in [0.3, 0.4) is 0 Å². The predicted octanol–water partition coefficient (Wildman–Crippen LogP) is 2.47. The summed E-state index contributed by atoms with van der Waals surface area (Å²) in [5.74, 6) is -2.11. The predicted molar refractivity (Wildman–Crippen MR) is 74.4 cm³/mol. The number of aromatic nitrogens is 1. The van der Waals surface area contributed by atoms with Gasteiger partial charge < -0.3 is 10.0 Å². The number of nitrogens with zero attached hydrogens (tertiary/aromatic N) is 2. The number of carboxylic acid groups (broad SMARTS) is 1. The van der Waals surface area contributed by atoms with Gasteiger partial charge in [0.05, 0.1) is 23.7 Å². The van der Waals surface area contributed by atoms with Crippen LogP contribution in [-0.4, -0.2) is 39.5 Å². The molecule has 1 fully saturated rings. The van der Waals surface area contributed by atoms with E-state index in [-0.39, 0.29) is 12.0 Å². The van der Waals surface area contributed by atoms with Crippen molar-refractivity contribution in [3.05, 3.63) is 29.8 Å². The number of carbonyl (C=O) groups is 2. The van der Waals surface area contributed by atoms with Crippen LogP contribution < -0.4 is 0 Å². The van der Waals surface area contributed by atoms with Gasteiger partial charge in [0.1, 0.15) is 0 Å². The minimum absolute atomic E-state index is 0.0668. The molecule has 0 bridgehead atoms. The third kappa shape index (κ3) is 3.20. The lowest BCUT2D eigenvalue weighted by molar-refractivity contribution is -0.140. The van der Waals surface area contributed by atoms with E-state index in [9.17, 15) is 14.0 Å². The summed E-state index contributed by atoms with van der Waals surface area (Å²) < 4.78 is 13.7. The van der Waals surface area contributed by atoms with Crippen molar-refractivity contribution < 1.29 is 19.1 Å². The van der Waals surface area contributed by atoms with Crippen LogP contribution in [0.25, 0.3) is 0 Å². The number of pyridine rings is 1. The van der Waals surface area contributed by atoms with Gasteiger partial charge in [-0.05, 0) is 18.9 Å². The molecule has 1 aliphatic carbocycles. The highest BCUT2D eigenvalue weighted by Crippen LogP contribution is 2.36. The third-order valence-electron chi connectivity index (χ3n) is 4.28. The molecule has 0 aliphatic heterocycles. The monoisotopic (exact) mass is 294 g/mol. The lowest BCUT2D eigenvalue weighted by Crippen LogP contribution is -2.52. The van der Waals surface area contributed by atoms with Crippen LogP contribution in [0.4, 0.5) is 4.39 Å². The summed E-state index contributed by atoms with van der Waals surface area (Å²) in [6.07, 6.45) is 6.30. The second-order valence-electron chi connectivity index (χ2n) is 5.58. The van der Waals surface area contributed by atoms with Crippen molar-refractivity contribution in [3.8, 4) is 0 Å². The molecule has 1 N–H and O–H groups in total. The van der Waals surface area contributed by atoms with Crippen LogP contribution in [-0.2, 0) is 4.79 Å². The molecule has 2 rings (SSSR count). The van der Waals surface area contributed by atoms with Gasteiger partial charge in [-0.15, -0.1) is 0 Å². The fourth-order valence-corrected chi connectivity index (χ4v) is 3.07. The maximum atomic E-state index is 13.7. The summed E-state index contributed by atoms with van der Waals surface area (Å²) in [6, 6.07) is 1.32. The molecule has 0 saturated heterocycles. The van der Waals surface area contributed by atoms with Crippen LogP contribution >= 0.6 is 0 Å². The number of carboxylic acids is 1. The van der Waals surface area contributed by atoms with E-state index in [0.717, 1.165) is 25.5 Å². The maximum absolute atomic E-state index is 13.7. The zero-order valence-electron chi connectivity index (χ0n) is 12.0. The fourth-order valence-electron chi connectivity index (χ4n) is 3.07. The third-order valence-corrected chi connectivity index (χ3v) is 4.28. The quantitative estimate of drug-likeness (QED) is 0.926. The highest BCUT2D eigenvalue weighted by atomic mass is 19.1. The number of halogens is 1. The van der Waals surface area contributed by atoms with Gasteiger partial charge in [-0.2, -0.15) is 0 Å². The second-order valence-corrected chi connectivity index (χ2v) is 5.58. The topological polar surface area (TPSA) is 70.5 Å². The van der Waals surface area contributed by atoms with Gasteiger partial charge in [-0.3, -0.25) is 14.6 Å². The smallest absolute Gasteiger partial charge is 0.305 e. The Kier molecular flexibility index (Phi) is 4.55. The summed E-state index contributed by atoms with van der Waals surface area (Å²) in [5, 5.41) is 9.16. The maximum Gasteiger partial charge on any atom is 0.305 e. The summed E-state index contributed by atoms with van der Waals surface area (Å²) in [5.41, 5.74) is -0.792. The van der Waals surface area contributed by atoms with E-state index in [1.54, 1.807) is 7.05 Å². The molecule has 1 amide bonds. The number of carbonyl (C=O) groups excluding carboxylic acids is 1. The number of hydrogen-bond acceptors (Lipinski definition) is 3. The second kappa shape index (κ2) is 6.20. The molecule has 1 heterocycles. The number of aliphatic carboxylic acids is 1. The van der Waals surface area contributed by atoms with Crippen molar-refractivity contribution in [2.45, 2.75) is 44.1 Å². The van der Waals surface area contributed by atoms with Crippen molar-refractivity contribution in [1.29, 1.82) is 0 Å². The largest absolute Gasteiger partial charge is 0.481 e. The highest BCUT2D eigenvalue weighted by molar-refractivity contribution is 5.95. The molecule has 0 atom stereocenters. The zero-order valence-corrected chi connectivity index (χ0v) is 12.0. The Morgan fingerprint density at radius 1 is 1.38 bits per heavy atom. The van der Waals surface area contributed by atoms with Gasteiger partial charge in [-0.25, -0.2) is 4.39 Å². The molecule has 5 nitrogen and oxygen atoms in total. The lowest BCUT2D eigenvalue weighted by Gasteiger charge is -2.43. The molecular formula is C15H19FN2O3. The van der Waals surface area contributed by atoms with E-state index >= 15 is 0 Å². The van der Waals surface area contributed by atoms with Gasteiger partial charge in [0, 0.05) is 13.2 Å². The molecule has 0 spiro atoms. The summed E-state index contributed by atoms with van der Waals surface area (Å²) in [4.78, 5) is 28.7. The Morgan fingerprint density at radius 2 is 2.05 bits per heavy atom. The molecule has 1 aromatic heterocycles. The zero-order chi connectivity index (χ0) is 15.5. The lowest BCUT2D eigenvalue weighted by atomic mass is 9.78. The molecule has 6 heteroatoms. The Labute approximate surface area is 122 Å². The molecule has 1 saturated carbocycles. The van der Waals surface area contributed by atoms with E-state index < -0.39 is 23.2 Å². The normalized spacial score (nSPS) is 17.2. The van der Waals surface area contributed by atoms with Gasteiger partial charge in [-0.1, -0.05) is 19.3 Å². The minimum Gasteiger partial charge on any atom is -0.481 e. The first-order valence-electron chi connectivity index (χ1n) is 7.06. The summed E-state index contributed by atoms with van der Waals surface area (Å²) in [7, 11) is 1.57. The van der Waals surface area contributed by atoms with Crippen LogP contribution in [0.1, 0.15) is 48.9 Å². The standard InChI is InChI=1S/C15H19FN2O3/c1-18(14(21)11-5-8-17-10-12(11)16)15(9-13(19)20)6-3-2-4-7-15/h5,8,10H,2-4,6-7,9H2,1H3,(H,19,20). The molecule has 21 heavy (non-hydrogen) atoms. The minimum atomic E-state index is -0.938. The van der Waals surface area contributed by atoms with Crippen molar-refractivity contribution >= 4 is 11.9 Å². The molecular weight excluding hydrogens is 275 g/mol. The Balaban J connectivity index is 2.29. The first kappa shape index (κ1) is 15.4. The molecule has 1 aliphatic rings. The van der Waals surface area contributed by atoms with Crippen LogP contribution in [0, 0.1) is 5.82 Å². The fraction of sp³-hybridized carbons (Fsp3) is 0.533. The van der Waals surface area contributed by atoms with Crippen molar-refractivity contribution in [1.82, 2.24) is 9.88 Å². The SMILES string of the molecule is CN(C(=O)c1ccncc1F)C1(CC(=O)O)CCCCC1. The molecule has 0 radical (unpaired) electrons. The Hall–Kier alpha value is -1.98. The Bertz CT molecular complexity index is 541. The first-order chi connectivity index (χ1) is 9.96. The van der Waals surface area contributed by atoms with E-state index in [1.165, 1.54) is 17.2 Å². The van der Waals surface area contributed by atoms with Crippen molar-refractivity contribution in [3.63, 3.8) is 0 Å². The highest BCUT2D eigenvalue weighted by Gasteiger charge is 2.41. The molecule has 0 unspecified atom stereocenters. The van der Waals surface area contributed by atoms with E-state index in [0.29, 0.717) is 12.8 Å². The average molecular weight is 294 g/mol. The van der Waals surface area contributed by atoms with E-state index in [2.05, 4.69) is 4.98 Å². The van der Waals surface area contributed by atoms with Gasteiger partial charge in [0.25, 0.3) is 5.91 Å². The number of amides is 1. The number of hydrogen-bond donors (Lipinski definition) is 1. The van der Waals surface area contributed by atoms with Crippen LogP contribution in [0.2, 0.25) is 0 Å². The summed E-state index contributed by atoms with van der Waals surface area (Å²) >= 11 is 0. The van der Waals surface area contributed by atoms with Crippen LogP contribution in [0.15, 0.2) is 18.5 Å². The Morgan fingerprint density at radius 3 is 2.62 bits per heavy atom. The molecule has 114 valence electrons. The van der Waals surface area contributed by atoms with Crippen molar-refractivity contribution in [2.24, 2.45) is 0 Å². The summed E-state index contributed by atoms with van der Waals surface area (Å²) in [6.45, 7) is 0. The molecule has 1 aromatic rings. The van der Waals surface area contributed by atoms with Gasteiger partial charge in [0.2, 0.25) is 0 Å². The van der Waals surface area contributed by atoms with Gasteiger partial charge in [0.15, 0.2) is 5.82 Å². The van der Waals surface area contributed by atoms with E-state index in [1.807, 2.05) is 0 Å². The number of rotatable bonds is 4.